The van der Waals surface area contributed by atoms with Gasteiger partial charge < -0.3 is 5.32 Å². The first-order valence-corrected chi connectivity index (χ1v) is 4.99. The summed E-state index contributed by atoms with van der Waals surface area (Å²) in [5, 5.41) is 3.41. The molecule has 0 aliphatic heterocycles. The highest BCUT2D eigenvalue weighted by atomic mass is 14.9. The van der Waals surface area contributed by atoms with Crippen molar-refractivity contribution >= 4 is 0 Å². The summed E-state index contributed by atoms with van der Waals surface area (Å²) in [6.07, 6.45) is 2.85. The van der Waals surface area contributed by atoms with Gasteiger partial charge in [0.05, 0.1) is 5.69 Å². The van der Waals surface area contributed by atoms with E-state index in [1.165, 1.54) is 5.57 Å². The summed E-state index contributed by atoms with van der Waals surface area (Å²) in [5.41, 5.74) is 2.31. The van der Waals surface area contributed by atoms with Crippen molar-refractivity contribution in [3.05, 3.63) is 42.2 Å². The van der Waals surface area contributed by atoms with Crippen molar-refractivity contribution in [2.45, 2.75) is 26.3 Å². The van der Waals surface area contributed by atoms with E-state index >= 15 is 0 Å². The van der Waals surface area contributed by atoms with E-state index < -0.39 is 0 Å². The molecule has 0 unspecified atom stereocenters. The first-order valence-electron chi connectivity index (χ1n) is 4.99. The number of nitrogens with one attached hydrogen (secondary N) is 1. The van der Waals surface area contributed by atoms with Crippen LogP contribution in [-0.2, 0) is 0 Å². The number of hydrogen-bond donors (Lipinski definition) is 1. The molecule has 0 amide bonds. The first-order chi connectivity index (χ1) is 6.70. The van der Waals surface area contributed by atoms with Crippen LogP contribution in [0.25, 0.3) is 0 Å². The molecule has 0 radical (unpaired) electrons. The van der Waals surface area contributed by atoms with Gasteiger partial charge in [0, 0.05) is 12.2 Å². The van der Waals surface area contributed by atoms with Crippen LogP contribution in [-0.4, -0.2) is 11.5 Å². The second-order valence-electron chi connectivity index (χ2n) is 3.64. The van der Waals surface area contributed by atoms with Crippen LogP contribution in [0.3, 0.4) is 0 Å². The molecule has 76 valence electrons. The van der Waals surface area contributed by atoms with Gasteiger partial charge in [-0.2, -0.15) is 0 Å². The maximum atomic E-state index is 4.29. The molecule has 14 heavy (non-hydrogen) atoms. The van der Waals surface area contributed by atoms with Crippen molar-refractivity contribution in [2.24, 2.45) is 0 Å². The highest BCUT2D eigenvalue weighted by Gasteiger charge is 2.03. The number of nitrogens with zero attached hydrogens (tertiary/aromatic N) is 1. The summed E-state index contributed by atoms with van der Waals surface area (Å²) in [6, 6.07) is 6.30. The average molecular weight is 190 g/mol. The van der Waals surface area contributed by atoms with Crippen molar-refractivity contribution in [3.63, 3.8) is 0 Å². The molecule has 0 saturated carbocycles. The van der Waals surface area contributed by atoms with Crippen LogP contribution < -0.4 is 5.32 Å². The van der Waals surface area contributed by atoms with Crippen molar-refractivity contribution in [2.75, 3.05) is 6.54 Å². The Labute approximate surface area is 86.1 Å². The number of aromatic nitrogens is 1. The Kier molecular flexibility index (Phi) is 4.33. The normalized spacial score (nSPS) is 12.4. The summed E-state index contributed by atoms with van der Waals surface area (Å²) in [7, 11) is 0. The molecule has 1 aromatic heterocycles. The van der Waals surface area contributed by atoms with E-state index in [9.17, 15) is 0 Å². The Hall–Kier alpha value is -1.15. The minimum atomic E-state index is 0.315. The van der Waals surface area contributed by atoms with Crippen molar-refractivity contribution < 1.29 is 0 Å². The van der Waals surface area contributed by atoms with Crippen molar-refractivity contribution in [3.8, 4) is 0 Å². The zero-order valence-electron chi connectivity index (χ0n) is 8.96. The predicted molar refractivity (Wildman–Crippen MR) is 60.1 cm³/mol. The molecule has 0 aromatic carbocycles. The van der Waals surface area contributed by atoms with E-state index in [1.807, 2.05) is 31.3 Å². The summed E-state index contributed by atoms with van der Waals surface area (Å²) in [6.45, 7) is 9.01. The van der Waals surface area contributed by atoms with Crippen LogP contribution in [0.1, 0.15) is 32.0 Å². The number of pyridine rings is 1. The summed E-state index contributed by atoms with van der Waals surface area (Å²) in [4.78, 5) is 4.29. The molecule has 1 aromatic rings. The molecule has 2 nitrogen and oxygen atoms in total. The third kappa shape index (κ3) is 3.71. The zero-order valence-corrected chi connectivity index (χ0v) is 8.96. The standard InChI is InChI=1S/C12H18N2/c1-10(2)7-9-13-11(3)12-6-4-5-8-14-12/h4-6,8,11,13H,1,7,9H2,2-3H3/t11-/m0/s1. The third-order valence-corrected chi connectivity index (χ3v) is 2.13. The van der Waals surface area contributed by atoms with E-state index in [4.69, 9.17) is 0 Å². The van der Waals surface area contributed by atoms with Crippen LogP contribution in [0.5, 0.6) is 0 Å². The van der Waals surface area contributed by atoms with Gasteiger partial charge in [0.2, 0.25) is 0 Å². The highest BCUT2D eigenvalue weighted by molar-refractivity contribution is 5.07. The number of rotatable bonds is 5. The smallest absolute Gasteiger partial charge is 0.0570 e. The van der Waals surface area contributed by atoms with Gasteiger partial charge >= 0.3 is 0 Å². The van der Waals surface area contributed by atoms with Crippen LogP contribution in [0.4, 0.5) is 0 Å². The SMILES string of the molecule is C=C(C)CCN[C@@H](C)c1ccccn1. The predicted octanol–water partition coefficient (Wildman–Crippen LogP) is 2.70. The fourth-order valence-electron chi connectivity index (χ4n) is 1.24. The van der Waals surface area contributed by atoms with Gasteiger partial charge in [-0.1, -0.05) is 11.6 Å². The largest absolute Gasteiger partial charge is 0.309 e. The Balaban J connectivity index is 2.36. The van der Waals surface area contributed by atoms with Crippen LogP contribution in [0.15, 0.2) is 36.5 Å². The van der Waals surface area contributed by atoms with Gasteiger partial charge in [-0.05, 0) is 38.9 Å². The van der Waals surface area contributed by atoms with E-state index in [2.05, 4.69) is 23.8 Å². The van der Waals surface area contributed by atoms with Crippen LogP contribution in [0.2, 0.25) is 0 Å². The molecule has 0 saturated heterocycles. The molecule has 0 aliphatic rings. The molecule has 0 spiro atoms. The summed E-state index contributed by atoms with van der Waals surface area (Å²) >= 11 is 0. The average Bonchev–Trinajstić information content (AvgIpc) is 2.18. The lowest BCUT2D eigenvalue weighted by molar-refractivity contribution is 0.563. The summed E-state index contributed by atoms with van der Waals surface area (Å²) in [5.74, 6) is 0. The Morgan fingerprint density at radius 2 is 2.36 bits per heavy atom. The minimum Gasteiger partial charge on any atom is -0.309 e. The van der Waals surface area contributed by atoms with Gasteiger partial charge in [0.15, 0.2) is 0 Å². The molecular weight excluding hydrogens is 172 g/mol. The lowest BCUT2D eigenvalue weighted by Crippen LogP contribution is -2.20. The molecule has 0 aliphatic carbocycles. The Morgan fingerprint density at radius 1 is 1.57 bits per heavy atom. The molecule has 1 N–H and O–H groups in total. The molecule has 1 heterocycles. The first kappa shape index (κ1) is 10.9. The number of hydrogen-bond acceptors (Lipinski definition) is 2. The fraction of sp³-hybridized carbons (Fsp3) is 0.417. The second kappa shape index (κ2) is 5.55. The maximum Gasteiger partial charge on any atom is 0.0570 e. The molecular formula is C12H18N2. The van der Waals surface area contributed by atoms with Crippen molar-refractivity contribution in [1.29, 1.82) is 0 Å². The monoisotopic (exact) mass is 190 g/mol. The van der Waals surface area contributed by atoms with Crippen molar-refractivity contribution in [1.82, 2.24) is 10.3 Å². The molecule has 2 heteroatoms. The fourth-order valence-corrected chi connectivity index (χ4v) is 1.24. The maximum absolute atomic E-state index is 4.29. The van der Waals surface area contributed by atoms with Crippen LogP contribution >= 0.6 is 0 Å². The zero-order chi connectivity index (χ0) is 10.4. The van der Waals surface area contributed by atoms with Crippen LogP contribution in [0, 0.1) is 0 Å². The van der Waals surface area contributed by atoms with E-state index in [1.54, 1.807) is 0 Å². The third-order valence-electron chi connectivity index (χ3n) is 2.13. The molecule has 1 atom stereocenters. The van der Waals surface area contributed by atoms with Gasteiger partial charge in [-0.25, -0.2) is 0 Å². The van der Waals surface area contributed by atoms with Gasteiger partial charge in [-0.15, -0.1) is 6.58 Å². The van der Waals surface area contributed by atoms with Gasteiger partial charge in [-0.3, -0.25) is 4.98 Å². The molecule has 0 bridgehead atoms. The van der Waals surface area contributed by atoms with Gasteiger partial charge in [0.1, 0.15) is 0 Å². The lowest BCUT2D eigenvalue weighted by atomic mass is 10.2. The van der Waals surface area contributed by atoms with Gasteiger partial charge in [0.25, 0.3) is 0 Å². The quantitative estimate of drug-likeness (QED) is 0.722. The highest BCUT2D eigenvalue weighted by Crippen LogP contribution is 2.07. The van der Waals surface area contributed by atoms with E-state index in [0.29, 0.717) is 6.04 Å². The lowest BCUT2D eigenvalue weighted by Gasteiger charge is -2.12. The Bertz CT molecular complexity index is 280. The molecule has 0 fully saturated rings. The summed E-state index contributed by atoms with van der Waals surface area (Å²) < 4.78 is 0. The topological polar surface area (TPSA) is 24.9 Å². The Morgan fingerprint density at radius 3 is 2.93 bits per heavy atom. The molecule has 1 rings (SSSR count). The van der Waals surface area contributed by atoms with E-state index in [-0.39, 0.29) is 0 Å². The minimum absolute atomic E-state index is 0.315. The second-order valence-corrected chi connectivity index (χ2v) is 3.64. The van der Waals surface area contributed by atoms with E-state index in [0.717, 1.165) is 18.7 Å².